The van der Waals surface area contributed by atoms with Gasteiger partial charge in [0.05, 0.1) is 19.3 Å². The van der Waals surface area contributed by atoms with Crippen molar-refractivity contribution < 1.29 is 19.5 Å². The highest BCUT2D eigenvalue weighted by Gasteiger charge is 2.10. The van der Waals surface area contributed by atoms with Gasteiger partial charge in [0.1, 0.15) is 12.2 Å². The highest BCUT2D eigenvalue weighted by molar-refractivity contribution is 5.83. The van der Waals surface area contributed by atoms with E-state index in [0.29, 0.717) is 5.69 Å². The lowest BCUT2D eigenvalue weighted by Gasteiger charge is -2.13. The molecular weight excluding hydrogens is 254 g/mol. The second kappa shape index (κ2) is 6.47. The molecule has 1 aromatic rings. The van der Waals surface area contributed by atoms with E-state index in [4.69, 9.17) is 5.11 Å². The van der Waals surface area contributed by atoms with E-state index in [1.807, 2.05) is 0 Å². The van der Waals surface area contributed by atoms with E-state index in [1.165, 1.54) is 25.1 Å². The Kier molecular flexibility index (Phi) is 4.98. The van der Waals surface area contributed by atoms with Gasteiger partial charge in [-0.25, -0.2) is 4.68 Å². The van der Waals surface area contributed by atoms with Gasteiger partial charge in [0, 0.05) is 14.0 Å². The van der Waals surface area contributed by atoms with Crippen LogP contribution in [-0.2, 0) is 27.5 Å². The Morgan fingerprint density at radius 3 is 2.74 bits per heavy atom. The second-order valence-electron chi connectivity index (χ2n) is 3.95. The Morgan fingerprint density at radius 1 is 1.47 bits per heavy atom. The van der Waals surface area contributed by atoms with Gasteiger partial charge in [-0.3, -0.25) is 14.4 Å². The molecule has 0 aliphatic rings. The molecule has 2 amide bonds. The van der Waals surface area contributed by atoms with Crippen molar-refractivity contribution in [3.05, 3.63) is 11.9 Å². The van der Waals surface area contributed by atoms with Gasteiger partial charge in [0.25, 0.3) is 0 Å². The monoisotopic (exact) mass is 269 g/mol. The SMILES string of the molecule is CC(=O)N(C)CC(=O)NCc1cn(CC(=O)O)nn1. The minimum atomic E-state index is -1.02. The summed E-state index contributed by atoms with van der Waals surface area (Å²) in [7, 11) is 1.52. The van der Waals surface area contributed by atoms with Gasteiger partial charge in [0.15, 0.2) is 0 Å². The summed E-state index contributed by atoms with van der Waals surface area (Å²) in [6.07, 6.45) is 1.43. The van der Waals surface area contributed by atoms with Crippen LogP contribution in [0.4, 0.5) is 0 Å². The van der Waals surface area contributed by atoms with Gasteiger partial charge in [-0.05, 0) is 0 Å². The fourth-order valence-corrected chi connectivity index (χ4v) is 1.21. The normalized spacial score (nSPS) is 10.0. The van der Waals surface area contributed by atoms with Crippen LogP contribution in [0.25, 0.3) is 0 Å². The Morgan fingerprint density at radius 2 is 2.16 bits per heavy atom. The molecule has 0 radical (unpaired) electrons. The molecule has 0 aromatic carbocycles. The van der Waals surface area contributed by atoms with Crippen LogP contribution in [0.1, 0.15) is 12.6 Å². The number of carbonyl (C=O) groups excluding carboxylic acids is 2. The molecule has 1 aromatic heterocycles. The van der Waals surface area contributed by atoms with Crippen LogP contribution in [0, 0.1) is 0 Å². The summed E-state index contributed by atoms with van der Waals surface area (Å²) in [4.78, 5) is 34.1. The lowest BCUT2D eigenvalue weighted by atomic mass is 10.4. The number of rotatable bonds is 6. The van der Waals surface area contributed by atoms with Crippen molar-refractivity contribution in [2.45, 2.75) is 20.0 Å². The maximum atomic E-state index is 11.5. The minimum absolute atomic E-state index is 0.0431. The number of aromatic nitrogens is 3. The summed E-state index contributed by atoms with van der Waals surface area (Å²) in [5.74, 6) is -1.56. The van der Waals surface area contributed by atoms with Crippen molar-refractivity contribution in [3.8, 4) is 0 Å². The number of likely N-dealkylation sites (N-methyl/N-ethyl adjacent to an activating group) is 1. The van der Waals surface area contributed by atoms with E-state index in [2.05, 4.69) is 15.6 Å². The number of carboxylic acids is 1. The predicted molar refractivity (Wildman–Crippen MR) is 62.8 cm³/mol. The number of nitrogens with one attached hydrogen (secondary N) is 1. The van der Waals surface area contributed by atoms with Crippen molar-refractivity contribution in [1.29, 1.82) is 0 Å². The molecule has 0 atom stereocenters. The number of hydrogen-bond donors (Lipinski definition) is 2. The van der Waals surface area contributed by atoms with E-state index in [0.717, 1.165) is 4.68 Å². The van der Waals surface area contributed by atoms with Crippen molar-refractivity contribution in [3.63, 3.8) is 0 Å². The van der Waals surface area contributed by atoms with E-state index in [-0.39, 0.29) is 31.4 Å². The molecule has 2 N–H and O–H groups in total. The van der Waals surface area contributed by atoms with Crippen LogP contribution in [0.15, 0.2) is 6.20 Å². The van der Waals surface area contributed by atoms with Gasteiger partial charge in [-0.15, -0.1) is 5.10 Å². The largest absolute Gasteiger partial charge is 0.480 e. The smallest absolute Gasteiger partial charge is 0.325 e. The highest BCUT2D eigenvalue weighted by atomic mass is 16.4. The molecule has 0 unspecified atom stereocenters. The molecule has 0 aliphatic heterocycles. The molecule has 1 rings (SSSR count). The number of carbonyl (C=O) groups is 3. The molecule has 0 spiro atoms. The maximum Gasteiger partial charge on any atom is 0.325 e. The van der Waals surface area contributed by atoms with E-state index in [1.54, 1.807) is 0 Å². The summed E-state index contributed by atoms with van der Waals surface area (Å²) in [5.41, 5.74) is 0.445. The topological polar surface area (TPSA) is 117 Å². The van der Waals surface area contributed by atoms with Crippen LogP contribution in [-0.4, -0.2) is 56.4 Å². The summed E-state index contributed by atoms with van der Waals surface area (Å²) in [6.45, 7) is 1.17. The quantitative estimate of drug-likeness (QED) is 0.646. The zero-order chi connectivity index (χ0) is 14.4. The van der Waals surface area contributed by atoms with E-state index < -0.39 is 5.97 Å². The molecule has 0 bridgehead atoms. The van der Waals surface area contributed by atoms with Gasteiger partial charge < -0.3 is 15.3 Å². The number of aliphatic carboxylic acids is 1. The van der Waals surface area contributed by atoms with Crippen molar-refractivity contribution in [2.75, 3.05) is 13.6 Å². The second-order valence-corrected chi connectivity index (χ2v) is 3.95. The summed E-state index contributed by atoms with van der Waals surface area (Å²) in [5, 5.41) is 18.4. The fourth-order valence-electron chi connectivity index (χ4n) is 1.21. The molecule has 0 fully saturated rings. The molecule has 0 saturated heterocycles. The molecule has 1 heterocycles. The molecule has 0 aliphatic carbocycles. The number of amides is 2. The summed E-state index contributed by atoms with van der Waals surface area (Å²) >= 11 is 0. The van der Waals surface area contributed by atoms with Gasteiger partial charge in [-0.1, -0.05) is 5.21 Å². The first-order valence-electron chi connectivity index (χ1n) is 5.47. The third kappa shape index (κ3) is 5.15. The fraction of sp³-hybridized carbons (Fsp3) is 0.500. The van der Waals surface area contributed by atoms with Crippen LogP contribution in [0.5, 0.6) is 0 Å². The molecule has 0 saturated carbocycles. The third-order valence-electron chi connectivity index (χ3n) is 2.27. The van der Waals surface area contributed by atoms with E-state index >= 15 is 0 Å². The van der Waals surface area contributed by atoms with Gasteiger partial charge in [0.2, 0.25) is 11.8 Å². The zero-order valence-corrected chi connectivity index (χ0v) is 10.7. The molecule has 104 valence electrons. The molecule has 9 nitrogen and oxygen atoms in total. The van der Waals surface area contributed by atoms with E-state index in [9.17, 15) is 14.4 Å². The van der Waals surface area contributed by atoms with Crippen molar-refractivity contribution in [1.82, 2.24) is 25.2 Å². The standard InChI is InChI=1S/C10H15N5O4/c1-7(16)14(2)5-9(17)11-3-8-4-15(13-12-8)6-10(18)19/h4H,3,5-6H2,1-2H3,(H,11,17)(H,18,19). The van der Waals surface area contributed by atoms with Crippen LogP contribution in [0.2, 0.25) is 0 Å². The summed E-state index contributed by atoms with van der Waals surface area (Å²) < 4.78 is 1.16. The summed E-state index contributed by atoms with van der Waals surface area (Å²) in [6, 6.07) is 0. The minimum Gasteiger partial charge on any atom is -0.480 e. The number of hydrogen-bond acceptors (Lipinski definition) is 5. The molecule has 19 heavy (non-hydrogen) atoms. The van der Waals surface area contributed by atoms with Crippen LogP contribution >= 0.6 is 0 Å². The highest BCUT2D eigenvalue weighted by Crippen LogP contribution is 1.93. The number of nitrogens with zero attached hydrogens (tertiary/aromatic N) is 4. The first kappa shape index (κ1) is 14.6. The van der Waals surface area contributed by atoms with Gasteiger partial charge in [-0.2, -0.15) is 0 Å². The van der Waals surface area contributed by atoms with Crippen molar-refractivity contribution in [2.24, 2.45) is 0 Å². The lowest BCUT2D eigenvalue weighted by molar-refractivity contribution is -0.138. The lowest BCUT2D eigenvalue weighted by Crippen LogP contribution is -2.37. The molecular formula is C10H15N5O4. The zero-order valence-electron chi connectivity index (χ0n) is 10.7. The Hall–Kier alpha value is -2.45. The third-order valence-corrected chi connectivity index (χ3v) is 2.27. The first-order chi connectivity index (χ1) is 8.88. The van der Waals surface area contributed by atoms with Crippen LogP contribution in [0.3, 0.4) is 0 Å². The number of carboxylic acid groups (broad SMARTS) is 1. The maximum absolute atomic E-state index is 11.5. The average molecular weight is 269 g/mol. The first-order valence-corrected chi connectivity index (χ1v) is 5.47. The van der Waals surface area contributed by atoms with Crippen LogP contribution < -0.4 is 5.32 Å². The average Bonchev–Trinajstić information content (AvgIpc) is 2.73. The molecule has 9 heteroatoms. The Bertz CT molecular complexity index is 484. The van der Waals surface area contributed by atoms with Crippen molar-refractivity contribution >= 4 is 17.8 Å². The Balaban J connectivity index is 2.40. The Labute approximate surface area is 109 Å². The van der Waals surface area contributed by atoms with Gasteiger partial charge >= 0.3 is 5.97 Å². The predicted octanol–water partition coefficient (Wildman–Crippen LogP) is -1.54.